The molecule has 0 saturated heterocycles. The van der Waals surface area contributed by atoms with E-state index in [4.69, 9.17) is 8.94 Å². The van der Waals surface area contributed by atoms with E-state index in [1.165, 1.54) is 18.4 Å². The van der Waals surface area contributed by atoms with Gasteiger partial charge in [-0.15, -0.1) is 0 Å². The van der Waals surface area contributed by atoms with E-state index < -0.39 is 10.0 Å². The van der Waals surface area contributed by atoms with Crippen LogP contribution in [0.2, 0.25) is 0 Å². The third kappa shape index (κ3) is 4.97. The highest BCUT2D eigenvalue weighted by Crippen LogP contribution is 2.25. The molecule has 0 aliphatic rings. The van der Waals surface area contributed by atoms with Gasteiger partial charge in [-0.3, -0.25) is 9.52 Å². The van der Waals surface area contributed by atoms with Crippen LogP contribution in [0, 0.1) is 0 Å². The molecule has 0 fully saturated rings. The van der Waals surface area contributed by atoms with Crippen LogP contribution in [0.25, 0.3) is 22.8 Å². The summed E-state index contributed by atoms with van der Waals surface area (Å²) in [5.74, 6) is 0.525. The van der Waals surface area contributed by atoms with Crippen molar-refractivity contribution in [3.63, 3.8) is 0 Å². The number of hydrogen-bond acceptors (Lipinski definition) is 7. The molecule has 2 N–H and O–H groups in total. The van der Waals surface area contributed by atoms with Crippen LogP contribution < -0.4 is 10.0 Å². The number of amides is 1. The first kappa shape index (κ1) is 22.1. The van der Waals surface area contributed by atoms with Crippen molar-refractivity contribution in [2.45, 2.75) is 4.90 Å². The number of carbonyl (C=O) groups excluding carboxylic acids is 1. The second-order valence-electron chi connectivity index (χ2n) is 7.43. The van der Waals surface area contributed by atoms with E-state index in [1.54, 1.807) is 78.9 Å². The van der Waals surface area contributed by atoms with Crippen LogP contribution >= 0.6 is 0 Å². The zero-order valence-corrected chi connectivity index (χ0v) is 18.9. The van der Waals surface area contributed by atoms with Crippen LogP contribution in [0.3, 0.4) is 0 Å². The number of sulfonamides is 1. The smallest absolute Gasteiger partial charge is 0.291 e. The van der Waals surface area contributed by atoms with Gasteiger partial charge in [0, 0.05) is 22.5 Å². The molecule has 2 aromatic heterocycles. The Morgan fingerprint density at radius 3 is 2.14 bits per heavy atom. The minimum Gasteiger partial charge on any atom is -0.459 e. The van der Waals surface area contributed by atoms with Gasteiger partial charge in [-0.05, 0) is 72.8 Å². The Labute approximate surface area is 200 Å². The average Bonchev–Trinajstić information content (AvgIpc) is 3.59. The number of aromatic nitrogens is 2. The first-order chi connectivity index (χ1) is 17.0. The Hall–Kier alpha value is -4.70. The summed E-state index contributed by atoms with van der Waals surface area (Å²) in [6.45, 7) is 0. The summed E-state index contributed by atoms with van der Waals surface area (Å²) in [7, 11) is -3.68. The molecule has 174 valence electrons. The van der Waals surface area contributed by atoms with E-state index in [9.17, 15) is 13.2 Å². The highest BCUT2D eigenvalue weighted by molar-refractivity contribution is 7.92. The second kappa shape index (κ2) is 9.27. The predicted octanol–water partition coefficient (Wildman–Crippen LogP) is 5.05. The highest BCUT2D eigenvalue weighted by atomic mass is 32.2. The molecular weight excluding hydrogens is 468 g/mol. The fourth-order valence-corrected chi connectivity index (χ4v) is 4.34. The maximum absolute atomic E-state index is 12.5. The standard InChI is InChI=1S/C25H18N4O5S/c30-24(22-7-4-16-33-22)26-19-12-10-18(11-13-19)25-27-23(28-34-25)17-8-14-20(15-9-17)29-35(31,32)21-5-2-1-3-6-21/h1-16,29H,(H,26,30). The maximum atomic E-state index is 12.5. The van der Waals surface area contributed by atoms with Crippen molar-refractivity contribution < 1.29 is 22.2 Å². The van der Waals surface area contributed by atoms with Gasteiger partial charge in [-0.2, -0.15) is 4.98 Å². The zero-order valence-electron chi connectivity index (χ0n) is 18.1. The van der Waals surface area contributed by atoms with Crippen molar-refractivity contribution >= 4 is 27.3 Å². The molecule has 3 aromatic carbocycles. The van der Waals surface area contributed by atoms with Gasteiger partial charge in [0.15, 0.2) is 5.76 Å². The Balaban J connectivity index is 1.27. The van der Waals surface area contributed by atoms with E-state index >= 15 is 0 Å². The largest absolute Gasteiger partial charge is 0.459 e. The van der Waals surface area contributed by atoms with Gasteiger partial charge in [-0.25, -0.2) is 8.42 Å². The number of hydrogen-bond donors (Lipinski definition) is 2. The van der Waals surface area contributed by atoms with Crippen molar-refractivity contribution in [3.05, 3.63) is 103 Å². The van der Waals surface area contributed by atoms with Gasteiger partial charge < -0.3 is 14.3 Å². The molecule has 0 radical (unpaired) electrons. The van der Waals surface area contributed by atoms with Gasteiger partial charge in [0.25, 0.3) is 21.8 Å². The highest BCUT2D eigenvalue weighted by Gasteiger charge is 2.15. The second-order valence-corrected chi connectivity index (χ2v) is 9.11. The third-order valence-electron chi connectivity index (χ3n) is 5.01. The molecule has 9 nitrogen and oxygen atoms in total. The Morgan fingerprint density at radius 1 is 0.771 bits per heavy atom. The lowest BCUT2D eigenvalue weighted by molar-refractivity contribution is 0.0996. The molecule has 5 rings (SSSR count). The number of rotatable bonds is 7. The minimum absolute atomic E-state index is 0.179. The molecule has 0 atom stereocenters. The first-order valence-electron chi connectivity index (χ1n) is 10.5. The Kier molecular flexibility index (Phi) is 5.86. The van der Waals surface area contributed by atoms with E-state index in [0.29, 0.717) is 34.2 Å². The molecule has 5 aromatic rings. The molecule has 0 aliphatic heterocycles. The Bertz CT molecular complexity index is 1540. The zero-order chi connectivity index (χ0) is 24.3. The predicted molar refractivity (Wildman–Crippen MR) is 129 cm³/mol. The summed E-state index contributed by atoms with van der Waals surface area (Å²) in [5.41, 5.74) is 2.33. The van der Waals surface area contributed by atoms with Gasteiger partial charge in [0.05, 0.1) is 11.2 Å². The molecule has 0 unspecified atom stereocenters. The number of benzene rings is 3. The summed E-state index contributed by atoms with van der Waals surface area (Å²) in [5, 5.41) is 6.75. The number of carbonyl (C=O) groups is 1. The minimum atomic E-state index is -3.68. The number of anilines is 2. The van der Waals surface area contributed by atoms with Crippen molar-refractivity contribution in [2.24, 2.45) is 0 Å². The van der Waals surface area contributed by atoms with Gasteiger partial charge in [0.1, 0.15) is 0 Å². The van der Waals surface area contributed by atoms with Crippen LogP contribution in [0.5, 0.6) is 0 Å². The van der Waals surface area contributed by atoms with Crippen molar-refractivity contribution in [1.29, 1.82) is 0 Å². The summed E-state index contributed by atoms with van der Waals surface area (Å²) >= 11 is 0. The maximum Gasteiger partial charge on any atom is 0.291 e. The molecule has 10 heteroatoms. The quantitative estimate of drug-likeness (QED) is 0.329. The lowest BCUT2D eigenvalue weighted by atomic mass is 10.2. The molecule has 1 amide bonds. The van der Waals surface area contributed by atoms with E-state index in [1.807, 2.05) is 0 Å². The number of furan rings is 1. The van der Waals surface area contributed by atoms with Gasteiger partial charge in [0.2, 0.25) is 5.82 Å². The van der Waals surface area contributed by atoms with Crippen LogP contribution in [-0.4, -0.2) is 24.5 Å². The van der Waals surface area contributed by atoms with E-state index in [-0.39, 0.29) is 16.6 Å². The molecule has 0 spiro atoms. The molecule has 35 heavy (non-hydrogen) atoms. The first-order valence-corrected chi connectivity index (χ1v) is 11.9. The van der Waals surface area contributed by atoms with Crippen molar-refractivity contribution in [1.82, 2.24) is 10.1 Å². The van der Waals surface area contributed by atoms with Crippen LogP contribution in [0.1, 0.15) is 10.6 Å². The van der Waals surface area contributed by atoms with E-state index in [0.717, 1.165) is 0 Å². The molecule has 0 aliphatic carbocycles. The van der Waals surface area contributed by atoms with Crippen molar-refractivity contribution in [3.8, 4) is 22.8 Å². The molecule has 0 saturated carbocycles. The summed E-state index contributed by atoms with van der Waals surface area (Å²) in [4.78, 5) is 16.7. The summed E-state index contributed by atoms with van der Waals surface area (Å²) < 4.78 is 38.0. The van der Waals surface area contributed by atoms with Gasteiger partial charge in [-0.1, -0.05) is 23.4 Å². The lowest BCUT2D eigenvalue weighted by Gasteiger charge is -2.08. The van der Waals surface area contributed by atoms with E-state index in [2.05, 4.69) is 20.2 Å². The normalized spacial score (nSPS) is 11.2. The van der Waals surface area contributed by atoms with Crippen LogP contribution in [-0.2, 0) is 10.0 Å². The summed E-state index contributed by atoms with van der Waals surface area (Å²) in [6, 6.07) is 24.9. The van der Waals surface area contributed by atoms with Crippen LogP contribution in [0.15, 0.2) is 111 Å². The van der Waals surface area contributed by atoms with Gasteiger partial charge >= 0.3 is 0 Å². The lowest BCUT2D eigenvalue weighted by Crippen LogP contribution is -2.12. The fourth-order valence-electron chi connectivity index (χ4n) is 3.26. The van der Waals surface area contributed by atoms with Crippen molar-refractivity contribution in [2.75, 3.05) is 10.0 Å². The molecule has 2 heterocycles. The van der Waals surface area contributed by atoms with Crippen LogP contribution in [0.4, 0.5) is 11.4 Å². The Morgan fingerprint density at radius 2 is 1.46 bits per heavy atom. The fraction of sp³-hybridized carbons (Fsp3) is 0. The topological polar surface area (TPSA) is 127 Å². The number of nitrogens with zero attached hydrogens (tertiary/aromatic N) is 2. The average molecular weight is 487 g/mol. The molecular formula is C25H18N4O5S. The number of nitrogens with one attached hydrogen (secondary N) is 2. The third-order valence-corrected chi connectivity index (χ3v) is 6.41. The SMILES string of the molecule is O=C(Nc1ccc(-c2nc(-c3ccc(NS(=O)(=O)c4ccccc4)cc3)no2)cc1)c1ccco1. The monoisotopic (exact) mass is 486 g/mol. The summed E-state index contributed by atoms with van der Waals surface area (Å²) in [6.07, 6.45) is 1.43. The molecule has 0 bridgehead atoms.